The number of nitrogens with one attached hydrogen (secondary N) is 1. The van der Waals surface area contributed by atoms with Gasteiger partial charge in [0.25, 0.3) is 10.0 Å². The SMILES string of the molecule is Cc1ccc(S(=O)(=O)Nc2ccc(OCc3ccncc3)c(F)c2)cc1. The Labute approximate surface area is 151 Å². The van der Waals surface area contributed by atoms with Gasteiger partial charge in [-0.05, 0) is 48.9 Å². The Hall–Kier alpha value is -2.93. The van der Waals surface area contributed by atoms with Crippen molar-refractivity contribution in [2.45, 2.75) is 18.4 Å². The molecule has 0 saturated carbocycles. The largest absolute Gasteiger partial charge is 0.486 e. The monoisotopic (exact) mass is 372 g/mol. The summed E-state index contributed by atoms with van der Waals surface area (Å²) >= 11 is 0. The molecule has 2 aromatic carbocycles. The lowest BCUT2D eigenvalue weighted by atomic mass is 10.2. The van der Waals surface area contributed by atoms with Crippen LogP contribution in [0, 0.1) is 12.7 Å². The highest BCUT2D eigenvalue weighted by Crippen LogP contribution is 2.24. The third-order valence-corrected chi connectivity index (χ3v) is 5.06. The molecule has 5 nitrogen and oxygen atoms in total. The average molecular weight is 372 g/mol. The third-order valence-electron chi connectivity index (χ3n) is 3.66. The predicted molar refractivity (Wildman–Crippen MR) is 97.0 cm³/mol. The summed E-state index contributed by atoms with van der Waals surface area (Å²) in [7, 11) is -3.78. The van der Waals surface area contributed by atoms with Crippen molar-refractivity contribution in [3.05, 3.63) is 83.9 Å². The summed E-state index contributed by atoms with van der Waals surface area (Å²) in [5.74, 6) is -0.608. The topological polar surface area (TPSA) is 68.3 Å². The van der Waals surface area contributed by atoms with Crippen LogP contribution in [-0.4, -0.2) is 13.4 Å². The summed E-state index contributed by atoms with van der Waals surface area (Å²) in [6.07, 6.45) is 3.25. The van der Waals surface area contributed by atoms with Crippen molar-refractivity contribution in [1.82, 2.24) is 4.98 Å². The van der Waals surface area contributed by atoms with Crippen LogP contribution in [0.2, 0.25) is 0 Å². The first kappa shape index (κ1) is 17.9. The number of rotatable bonds is 6. The first-order chi connectivity index (χ1) is 12.4. The molecule has 0 saturated heterocycles. The van der Waals surface area contributed by atoms with Crippen LogP contribution in [-0.2, 0) is 16.6 Å². The van der Waals surface area contributed by atoms with Crippen molar-refractivity contribution >= 4 is 15.7 Å². The number of hydrogen-bond acceptors (Lipinski definition) is 4. The van der Waals surface area contributed by atoms with E-state index in [9.17, 15) is 12.8 Å². The number of hydrogen-bond donors (Lipinski definition) is 1. The van der Waals surface area contributed by atoms with Gasteiger partial charge in [-0.25, -0.2) is 12.8 Å². The van der Waals surface area contributed by atoms with E-state index in [1.807, 2.05) is 6.92 Å². The molecule has 0 spiro atoms. The molecule has 0 unspecified atom stereocenters. The normalized spacial score (nSPS) is 11.2. The Morgan fingerprint density at radius 1 is 1.04 bits per heavy atom. The van der Waals surface area contributed by atoms with Crippen LogP contribution in [0.5, 0.6) is 5.75 Å². The summed E-state index contributed by atoms with van der Waals surface area (Å²) in [5.41, 5.74) is 1.92. The predicted octanol–water partition coefficient (Wildman–Crippen LogP) is 3.91. The van der Waals surface area contributed by atoms with Crippen LogP contribution in [0.3, 0.4) is 0 Å². The van der Waals surface area contributed by atoms with Crippen molar-refractivity contribution in [1.29, 1.82) is 0 Å². The summed E-state index contributed by atoms with van der Waals surface area (Å²) in [6, 6.07) is 13.9. The number of benzene rings is 2. The molecule has 0 aliphatic heterocycles. The lowest BCUT2D eigenvalue weighted by molar-refractivity contribution is 0.290. The van der Waals surface area contributed by atoms with Crippen LogP contribution in [0.1, 0.15) is 11.1 Å². The number of ether oxygens (including phenoxy) is 1. The van der Waals surface area contributed by atoms with Crippen molar-refractivity contribution in [3.63, 3.8) is 0 Å². The van der Waals surface area contributed by atoms with Crippen molar-refractivity contribution in [3.8, 4) is 5.75 Å². The number of halogens is 1. The fourth-order valence-corrected chi connectivity index (χ4v) is 3.30. The Bertz CT molecular complexity index is 991. The lowest BCUT2D eigenvalue weighted by Crippen LogP contribution is -2.13. The van der Waals surface area contributed by atoms with E-state index < -0.39 is 15.8 Å². The van der Waals surface area contributed by atoms with E-state index >= 15 is 0 Å². The zero-order chi connectivity index (χ0) is 18.6. The summed E-state index contributed by atoms with van der Waals surface area (Å²) < 4.78 is 46.7. The maximum absolute atomic E-state index is 14.2. The van der Waals surface area contributed by atoms with Crippen LogP contribution >= 0.6 is 0 Å². The van der Waals surface area contributed by atoms with Gasteiger partial charge in [0.2, 0.25) is 0 Å². The van der Waals surface area contributed by atoms with Crippen molar-refractivity contribution in [2.24, 2.45) is 0 Å². The van der Waals surface area contributed by atoms with Gasteiger partial charge in [0, 0.05) is 18.5 Å². The van der Waals surface area contributed by atoms with Gasteiger partial charge in [0.1, 0.15) is 6.61 Å². The Morgan fingerprint density at radius 2 is 1.73 bits per heavy atom. The van der Waals surface area contributed by atoms with E-state index in [4.69, 9.17) is 4.74 Å². The molecule has 1 aromatic heterocycles. The highest BCUT2D eigenvalue weighted by atomic mass is 32.2. The van der Waals surface area contributed by atoms with E-state index in [0.717, 1.165) is 17.2 Å². The summed E-state index contributed by atoms with van der Waals surface area (Å²) in [4.78, 5) is 4.01. The maximum atomic E-state index is 14.2. The van der Waals surface area contributed by atoms with Crippen molar-refractivity contribution < 1.29 is 17.5 Å². The van der Waals surface area contributed by atoms with Gasteiger partial charge in [0.05, 0.1) is 10.6 Å². The fourth-order valence-electron chi connectivity index (χ4n) is 2.25. The number of nitrogens with zero attached hydrogens (tertiary/aromatic N) is 1. The number of aryl methyl sites for hydroxylation is 1. The van der Waals surface area contributed by atoms with Gasteiger partial charge in [-0.1, -0.05) is 17.7 Å². The highest BCUT2D eigenvalue weighted by molar-refractivity contribution is 7.92. The van der Waals surface area contributed by atoms with Gasteiger partial charge in [-0.2, -0.15) is 0 Å². The van der Waals surface area contributed by atoms with Gasteiger partial charge in [-0.15, -0.1) is 0 Å². The first-order valence-corrected chi connectivity index (χ1v) is 9.33. The number of pyridine rings is 1. The Kier molecular flexibility index (Phi) is 5.18. The van der Waals surface area contributed by atoms with E-state index in [1.54, 1.807) is 36.7 Å². The van der Waals surface area contributed by atoms with E-state index in [1.165, 1.54) is 24.3 Å². The van der Waals surface area contributed by atoms with Crippen molar-refractivity contribution in [2.75, 3.05) is 4.72 Å². The molecule has 0 amide bonds. The smallest absolute Gasteiger partial charge is 0.261 e. The van der Waals surface area contributed by atoms with Gasteiger partial charge in [-0.3, -0.25) is 9.71 Å². The zero-order valence-electron chi connectivity index (χ0n) is 14.0. The van der Waals surface area contributed by atoms with Gasteiger partial charge < -0.3 is 4.74 Å². The molecule has 26 heavy (non-hydrogen) atoms. The second-order valence-electron chi connectivity index (χ2n) is 5.71. The molecule has 0 radical (unpaired) electrons. The van der Waals surface area contributed by atoms with E-state index in [0.29, 0.717) is 0 Å². The average Bonchev–Trinajstić information content (AvgIpc) is 2.62. The molecule has 3 aromatic rings. The minimum Gasteiger partial charge on any atom is -0.486 e. The molecule has 1 heterocycles. The quantitative estimate of drug-likeness (QED) is 0.712. The molecular weight excluding hydrogens is 355 g/mol. The molecular formula is C19H17FN2O3S. The number of anilines is 1. The summed E-state index contributed by atoms with van der Waals surface area (Å²) in [5, 5.41) is 0. The van der Waals surface area contributed by atoms with Crippen LogP contribution in [0.15, 0.2) is 71.9 Å². The Balaban J connectivity index is 1.72. The van der Waals surface area contributed by atoms with Crippen LogP contribution in [0.4, 0.5) is 10.1 Å². The second kappa shape index (κ2) is 7.53. The van der Waals surface area contributed by atoms with E-state index in [2.05, 4.69) is 9.71 Å². The molecule has 7 heteroatoms. The lowest BCUT2D eigenvalue weighted by Gasteiger charge is -2.11. The molecule has 0 fully saturated rings. The highest BCUT2D eigenvalue weighted by Gasteiger charge is 2.15. The van der Waals surface area contributed by atoms with Crippen LogP contribution < -0.4 is 9.46 Å². The maximum Gasteiger partial charge on any atom is 0.261 e. The van der Waals surface area contributed by atoms with E-state index in [-0.39, 0.29) is 22.9 Å². The van der Waals surface area contributed by atoms with Gasteiger partial charge in [0.15, 0.2) is 11.6 Å². The number of sulfonamides is 1. The molecule has 0 bridgehead atoms. The molecule has 0 atom stereocenters. The van der Waals surface area contributed by atoms with Gasteiger partial charge >= 0.3 is 0 Å². The molecule has 3 rings (SSSR count). The molecule has 1 N–H and O–H groups in total. The fraction of sp³-hybridized carbons (Fsp3) is 0.105. The number of aromatic nitrogens is 1. The molecule has 0 aliphatic carbocycles. The first-order valence-electron chi connectivity index (χ1n) is 7.85. The second-order valence-corrected chi connectivity index (χ2v) is 7.39. The molecule has 0 aliphatic rings. The zero-order valence-corrected chi connectivity index (χ0v) is 14.8. The minimum absolute atomic E-state index is 0.0418. The minimum atomic E-state index is -3.78. The third kappa shape index (κ3) is 4.37. The standard InChI is InChI=1S/C19H17FN2O3S/c1-14-2-5-17(6-3-14)26(23,24)22-16-4-7-19(18(20)12-16)25-13-15-8-10-21-11-9-15/h2-12,22H,13H2,1H3. The Morgan fingerprint density at radius 3 is 2.38 bits per heavy atom. The van der Waals surface area contributed by atoms with Crippen LogP contribution in [0.25, 0.3) is 0 Å². The molecule has 134 valence electrons. The summed E-state index contributed by atoms with van der Waals surface area (Å²) in [6.45, 7) is 2.05.